The van der Waals surface area contributed by atoms with Gasteiger partial charge in [0.05, 0.1) is 12.1 Å². The molecule has 0 radical (unpaired) electrons. The Balaban J connectivity index is 1.35. The molecule has 1 N–H and O–H groups in total. The fourth-order valence-corrected chi connectivity index (χ4v) is 3.80. The number of thiazole rings is 1. The molecule has 1 heterocycles. The van der Waals surface area contributed by atoms with Gasteiger partial charge in [0.15, 0.2) is 0 Å². The number of nitrogens with zero attached hydrogens (tertiary/aromatic N) is 1. The Morgan fingerprint density at radius 2 is 1.55 bits per heavy atom. The van der Waals surface area contributed by atoms with E-state index >= 15 is 0 Å². The summed E-state index contributed by atoms with van der Waals surface area (Å²) < 4.78 is 12.9. The van der Waals surface area contributed by atoms with Crippen LogP contribution in [0, 0.1) is 5.82 Å². The van der Waals surface area contributed by atoms with E-state index in [1.165, 1.54) is 12.1 Å². The molecule has 5 heteroatoms. The number of nitrogens with one attached hydrogen (secondary N) is 1. The lowest BCUT2D eigenvalue weighted by Crippen LogP contribution is -2.24. The highest BCUT2D eigenvalue weighted by Gasteiger charge is 2.07. The van der Waals surface area contributed by atoms with Crippen LogP contribution in [0.3, 0.4) is 0 Å². The third-order valence-electron chi connectivity index (χ3n) is 4.54. The number of hydrogen-bond acceptors (Lipinski definition) is 3. The van der Waals surface area contributed by atoms with Crippen LogP contribution in [0.1, 0.15) is 11.1 Å². The van der Waals surface area contributed by atoms with Crippen LogP contribution < -0.4 is 5.32 Å². The van der Waals surface area contributed by atoms with Gasteiger partial charge in [-0.1, -0.05) is 66.7 Å². The smallest absolute Gasteiger partial charge is 0.224 e. The molecule has 0 spiro atoms. The molecule has 0 unspecified atom stereocenters. The Kier molecular flexibility index (Phi) is 5.77. The highest BCUT2D eigenvalue weighted by molar-refractivity contribution is 7.13. The quantitative estimate of drug-likeness (QED) is 0.464. The summed E-state index contributed by atoms with van der Waals surface area (Å²) in [7, 11) is 0. The van der Waals surface area contributed by atoms with Gasteiger partial charge in [-0.25, -0.2) is 9.37 Å². The van der Waals surface area contributed by atoms with E-state index in [2.05, 4.69) is 22.8 Å². The Morgan fingerprint density at radius 3 is 2.28 bits per heavy atom. The Labute approximate surface area is 172 Å². The average Bonchev–Trinajstić information content (AvgIpc) is 3.25. The number of hydrogen-bond donors (Lipinski definition) is 1. The molecule has 0 aliphatic rings. The molecule has 0 saturated carbocycles. The molecule has 0 fully saturated rings. The van der Waals surface area contributed by atoms with Gasteiger partial charge in [0.25, 0.3) is 0 Å². The van der Waals surface area contributed by atoms with Crippen molar-refractivity contribution in [3.05, 3.63) is 101 Å². The van der Waals surface area contributed by atoms with Gasteiger partial charge >= 0.3 is 0 Å². The monoisotopic (exact) mass is 402 g/mol. The van der Waals surface area contributed by atoms with Gasteiger partial charge in [-0.2, -0.15) is 0 Å². The maximum absolute atomic E-state index is 12.9. The van der Waals surface area contributed by atoms with E-state index in [4.69, 9.17) is 4.98 Å². The van der Waals surface area contributed by atoms with Crippen LogP contribution in [0.4, 0.5) is 4.39 Å². The zero-order valence-electron chi connectivity index (χ0n) is 15.6. The molecule has 0 aliphatic carbocycles. The fraction of sp³-hybridized carbons (Fsp3) is 0.0833. The lowest BCUT2D eigenvalue weighted by Gasteiger charge is -2.06. The summed E-state index contributed by atoms with van der Waals surface area (Å²) >= 11 is 1.62. The number of carbonyl (C=O) groups excluding carboxylic acids is 1. The average molecular weight is 402 g/mol. The van der Waals surface area contributed by atoms with Crippen LogP contribution in [0.25, 0.3) is 21.8 Å². The summed E-state index contributed by atoms with van der Waals surface area (Å²) in [5.41, 5.74) is 4.94. The van der Waals surface area contributed by atoms with E-state index in [-0.39, 0.29) is 18.1 Å². The zero-order valence-corrected chi connectivity index (χ0v) is 16.5. The second-order valence-corrected chi connectivity index (χ2v) is 7.54. The molecule has 1 aromatic heterocycles. The minimum Gasteiger partial charge on any atom is -0.352 e. The minimum atomic E-state index is -0.301. The summed E-state index contributed by atoms with van der Waals surface area (Å²) in [5.74, 6) is -0.390. The predicted octanol–water partition coefficient (Wildman–Crippen LogP) is 5.48. The number of rotatable bonds is 6. The molecular weight excluding hydrogens is 383 g/mol. The largest absolute Gasteiger partial charge is 0.352 e. The van der Waals surface area contributed by atoms with Crippen LogP contribution in [-0.2, 0) is 17.8 Å². The van der Waals surface area contributed by atoms with Crippen molar-refractivity contribution in [3.8, 4) is 21.8 Å². The zero-order chi connectivity index (χ0) is 20.1. The molecule has 0 saturated heterocycles. The van der Waals surface area contributed by atoms with Crippen LogP contribution in [0.15, 0.2) is 84.2 Å². The van der Waals surface area contributed by atoms with E-state index in [1.807, 2.05) is 42.5 Å². The predicted molar refractivity (Wildman–Crippen MR) is 115 cm³/mol. The van der Waals surface area contributed by atoms with Crippen molar-refractivity contribution in [2.45, 2.75) is 13.0 Å². The first-order valence-electron chi connectivity index (χ1n) is 9.29. The second-order valence-electron chi connectivity index (χ2n) is 6.68. The van der Waals surface area contributed by atoms with Gasteiger partial charge in [0.2, 0.25) is 5.91 Å². The van der Waals surface area contributed by atoms with Crippen molar-refractivity contribution < 1.29 is 9.18 Å². The maximum Gasteiger partial charge on any atom is 0.224 e. The minimum absolute atomic E-state index is 0.0897. The van der Waals surface area contributed by atoms with E-state index in [0.717, 1.165) is 33.0 Å². The molecule has 29 heavy (non-hydrogen) atoms. The molecule has 0 atom stereocenters. The highest BCUT2D eigenvalue weighted by Crippen LogP contribution is 2.28. The van der Waals surface area contributed by atoms with E-state index in [1.54, 1.807) is 23.5 Å². The van der Waals surface area contributed by atoms with Crippen molar-refractivity contribution in [2.24, 2.45) is 0 Å². The maximum atomic E-state index is 12.9. The Hall–Kier alpha value is -3.31. The highest BCUT2D eigenvalue weighted by atomic mass is 32.1. The normalized spacial score (nSPS) is 10.7. The van der Waals surface area contributed by atoms with Gasteiger partial charge < -0.3 is 5.32 Å². The van der Waals surface area contributed by atoms with Gasteiger partial charge in [0, 0.05) is 23.1 Å². The summed E-state index contributed by atoms with van der Waals surface area (Å²) in [4.78, 5) is 16.8. The van der Waals surface area contributed by atoms with Crippen LogP contribution in [0.2, 0.25) is 0 Å². The second kappa shape index (κ2) is 8.80. The molecule has 4 aromatic rings. The van der Waals surface area contributed by atoms with Crippen molar-refractivity contribution in [1.82, 2.24) is 10.3 Å². The summed E-state index contributed by atoms with van der Waals surface area (Å²) in [6.07, 6.45) is 0.236. The van der Waals surface area contributed by atoms with Crippen molar-refractivity contribution in [3.63, 3.8) is 0 Å². The number of halogens is 1. The molecule has 1 amide bonds. The van der Waals surface area contributed by atoms with Gasteiger partial charge in [-0.3, -0.25) is 4.79 Å². The van der Waals surface area contributed by atoms with Gasteiger partial charge in [-0.05, 0) is 23.3 Å². The van der Waals surface area contributed by atoms with Crippen LogP contribution >= 0.6 is 11.3 Å². The first kappa shape index (κ1) is 19.0. The summed E-state index contributed by atoms with van der Waals surface area (Å²) in [6, 6.07) is 24.1. The number of aromatic nitrogens is 1. The number of amides is 1. The third-order valence-corrected chi connectivity index (χ3v) is 5.43. The Bertz CT molecular complexity index is 1090. The molecule has 0 aliphatic heterocycles. The molecule has 0 bridgehead atoms. The molecule has 3 nitrogen and oxygen atoms in total. The molecular formula is C24H19FN2OS. The van der Waals surface area contributed by atoms with Crippen molar-refractivity contribution in [2.75, 3.05) is 0 Å². The van der Waals surface area contributed by atoms with Crippen molar-refractivity contribution >= 4 is 17.2 Å². The van der Waals surface area contributed by atoms with E-state index in [9.17, 15) is 9.18 Å². The number of carbonyl (C=O) groups is 1. The van der Waals surface area contributed by atoms with Gasteiger partial charge in [0.1, 0.15) is 10.8 Å². The van der Waals surface area contributed by atoms with Crippen molar-refractivity contribution in [1.29, 1.82) is 0 Å². The lowest BCUT2D eigenvalue weighted by atomic mass is 10.1. The van der Waals surface area contributed by atoms with E-state index in [0.29, 0.717) is 6.54 Å². The Morgan fingerprint density at radius 1 is 0.862 bits per heavy atom. The van der Waals surface area contributed by atoms with Crippen LogP contribution in [-0.4, -0.2) is 10.9 Å². The topological polar surface area (TPSA) is 42.0 Å². The molecule has 3 aromatic carbocycles. The molecule has 144 valence electrons. The standard InChI is InChI=1S/C24H19FN2OS/c25-21-12-8-17(9-13-21)14-23(28)26-15-18-6-10-20(11-7-18)24-27-22(16-29-24)19-4-2-1-3-5-19/h1-13,16H,14-15H2,(H,26,28). The summed E-state index contributed by atoms with van der Waals surface area (Å²) in [6.45, 7) is 0.452. The SMILES string of the molecule is O=C(Cc1ccc(F)cc1)NCc1ccc(-c2nc(-c3ccccc3)cs2)cc1. The molecule has 4 rings (SSSR count). The fourth-order valence-electron chi connectivity index (χ4n) is 2.96. The van der Waals surface area contributed by atoms with E-state index < -0.39 is 0 Å². The lowest BCUT2D eigenvalue weighted by molar-refractivity contribution is -0.120. The first-order chi connectivity index (χ1) is 14.2. The first-order valence-corrected chi connectivity index (χ1v) is 10.2. The number of benzene rings is 3. The van der Waals surface area contributed by atoms with Crippen LogP contribution in [0.5, 0.6) is 0 Å². The van der Waals surface area contributed by atoms with Gasteiger partial charge in [-0.15, -0.1) is 11.3 Å². The summed E-state index contributed by atoms with van der Waals surface area (Å²) in [5, 5.41) is 5.93. The third kappa shape index (κ3) is 4.95.